The maximum atomic E-state index is 12.7. The largest absolute Gasteiger partial charge is 0.465 e. The average molecular weight is 353 g/mol. The molecule has 0 fully saturated rings. The molecule has 7 heteroatoms. The van der Waals surface area contributed by atoms with E-state index in [-0.39, 0.29) is 11.8 Å². The maximum Gasteiger partial charge on any atom is 0.339 e. The normalized spacial score (nSPS) is 11.0. The van der Waals surface area contributed by atoms with Gasteiger partial charge in [0.15, 0.2) is 0 Å². The van der Waals surface area contributed by atoms with Crippen LogP contribution < -0.4 is 5.32 Å². The number of anilines is 1. The topological polar surface area (TPSA) is 94.3 Å². The van der Waals surface area contributed by atoms with Crippen molar-refractivity contribution < 1.29 is 18.8 Å². The van der Waals surface area contributed by atoms with Gasteiger partial charge in [0.25, 0.3) is 11.6 Å². The molecule has 0 spiro atoms. The van der Waals surface area contributed by atoms with E-state index in [2.05, 4.69) is 15.5 Å². The third-order valence-electron chi connectivity index (χ3n) is 4.08. The summed E-state index contributed by atoms with van der Waals surface area (Å²) in [5.74, 6) is -0.757. The molecule has 134 valence electrons. The first-order valence-electron chi connectivity index (χ1n) is 8.17. The van der Waals surface area contributed by atoms with Crippen LogP contribution in [-0.2, 0) is 4.74 Å². The van der Waals surface area contributed by atoms with Gasteiger partial charge in [0, 0.05) is 6.20 Å². The number of hydrogen-bond donors (Lipinski definition) is 1. The molecule has 2 aromatic heterocycles. The summed E-state index contributed by atoms with van der Waals surface area (Å²) >= 11 is 0. The van der Waals surface area contributed by atoms with Crippen LogP contribution in [0.5, 0.6) is 0 Å². The quantitative estimate of drug-likeness (QED) is 0.719. The lowest BCUT2D eigenvalue weighted by Gasteiger charge is -2.12. The van der Waals surface area contributed by atoms with Crippen molar-refractivity contribution in [3.63, 3.8) is 0 Å². The van der Waals surface area contributed by atoms with Gasteiger partial charge in [0.2, 0.25) is 0 Å². The number of ether oxygens (including phenoxy) is 1. The lowest BCUT2D eigenvalue weighted by atomic mass is 10.1. The number of methoxy groups -OCH3 is 1. The minimum atomic E-state index is -0.515. The van der Waals surface area contributed by atoms with E-state index < -0.39 is 5.97 Å². The Labute approximate surface area is 150 Å². The first-order chi connectivity index (χ1) is 12.4. The first-order valence-corrected chi connectivity index (χ1v) is 8.17. The second-order valence-corrected chi connectivity index (χ2v) is 6.24. The summed E-state index contributed by atoms with van der Waals surface area (Å²) in [5.41, 5.74) is 2.94. The van der Waals surface area contributed by atoms with Crippen molar-refractivity contribution in [1.82, 2.24) is 10.1 Å². The summed E-state index contributed by atoms with van der Waals surface area (Å²) in [4.78, 5) is 28.8. The molecule has 1 N–H and O–H groups in total. The van der Waals surface area contributed by atoms with Crippen LogP contribution in [0.4, 0.5) is 5.69 Å². The number of rotatable bonds is 4. The highest BCUT2D eigenvalue weighted by atomic mass is 16.5. The number of benzene rings is 1. The molecule has 1 amide bonds. The van der Waals surface area contributed by atoms with E-state index >= 15 is 0 Å². The molecule has 7 nitrogen and oxygen atoms in total. The monoisotopic (exact) mass is 353 g/mol. The fourth-order valence-corrected chi connectivity index (χ4v) is 2.69. The number of carbonyl (C=O) groups excluding carboxylic acids is 2. The number of aryl methyl sites for hydroxylation is 1. The van der Waals surface area contributed by atoms with Crippen molar-refractivity contribution in [1.29, 1.82) is 0 Å². The molecule has 0 saturated carbocycles. The highest BCUT2D eigenvalue weighted by molar-refractivity contribution is 6.09. The molecule has 26 heavy (non-hydrogen) atoms. The molecule has 2 heterocycles. The number of para-hydroxylation sites is 1. The van der Waals surface area contributed by atoms with E-state index in [9.17, 15) is 9.59 Å². The van der Waals surface area contributed by atoms with Crippen LogP contribution in [0.1, 0.15) is 51.7 Å². The number of nitrogens with zero attached hydrogens (tertiary/aromatic N) is 2. The minimum Gasteiger partial charge on any atom is -0.465 e. The first kappa shape index (κ1) is 17.6. The van der Waals surface area contributed by atoms with Gasteiger partial charge < -0.3 is 14.6 Å². The van der Waals surface area contributed by atoms with Gasteiger partial charge in [-0.05, 0) is 30.5 Å². The molecule has 0 aliphatic rings. The maximum absolute atomic E-state index is 12.7. The summed E-state index contributed by atoms with van der Waals surface area (Å²) in [6.07, 6.45) is 1.42. The molecule has 3 rings (SSSR count). The number of esters is 1. The number of pyridine rings is 1. The van der Waals surface area contributed by atoms with Gasteiger partial charge in [0.05, 0.1) is 35.0 Å². The van der Waals surface area contributed by atoms with Crippen molar-refractivity contribution in [2.75, 3.05) is 12.4 Å². The lowest BCUT2D eigenvalue weighted by Crippen LogP contribution is -2.16. The number of aromatic nitrogens is 2. The van der Waals surface area contributed by atoms with Gasteiger partial charge in [-0.15, -0.1) is 0 Å². The van der Waals surface area contributed by atoms with Gasteiger partial charge in [-0.25, -0.2) is 9.78 Å². The number of fused-ring (bicyclic) bond motifs is 1. The number of nitrogens with one attached hydrogen (secondary N) is 1. The second-order valence-electron chi connectivity index (χ2n) is 6.24. The molecule has 0 saturated heterocycles. The van der Waals surface area contributed by atoms with Gasteiger partial charge >= 0.3 is 5.97 Å². The fourth-order valence-electron chi connectivity index (χ4n) is 2.69. The predicted octanol–water partition coefficient (Wildman–Crippen LogP) is 3.69. The molecule has 0 radical (unpaired) electrons. The molecule has 1 aromatic carbocycles. The van der Waals surface area contributed by atoms with E-state index in [1.165, 1.54) is 13.3 Å². The standard InChI is InChI=1S/C19H19N3O4/c1-10(2)15-14-8-12(9-20-18(14)26-22-15)17(23)21-16-11(3)6-5-7-13(16)19(24)25-4/h5-10H,1-4H3,(H,21,23). The zero-order chi connectivity index (χ0) is 18.8. The Morgan fingerprint density at radius 1 is 1.27 bits per heavy atom. The molecular formula is C19H19N3O4. The van der Waals surface area contributed by atoms with E-state index in [1.54, 1.807) is 31.2 Å². The zero-order valence-electron chi connectivity index (χ0n) is 15.0. The van der Waals surface area contributed by atoms with Crippen LogP contribution in [0.25, 0.3) is 11.1 Å². The van der Waals surface area contributed by atoms with Crippen molar-refractivity contribution >= 4 is 28.7 Å². The number of amides is 1. The Balaban J connectivity index is 1.98. The molecule has 0 bridgehead atoms. The Kier molecular flexibility index (Phi) is 4.71. The third kappa shape index (κ3) is 3.15. The van der Waals surface area contributed by atoms with Crippen molar-refractivity contribution in [2.45, 2.75) is 26.7 Å². The van der Waals surface area contributed by atoms with E-state index in [1.807, 2.05) is 13.8 Å². The highest BCUT2D eigenvalue weighted by Gasteiger charge is 2.19. The van der Waals surface area contributed by atoms with Gasteiger partial charge in [0.1, 0.15) is 0 Å². The van der Waals surface area contributed by atoms with Crippen molar-refractivity contribution in [2.24, 2.45) is 0 Å². The highest BCUT2D eigenvalue weighted by Crippen LogP contribution is 2.26. The van der Waals surface area contributed by atoms with Crippen molar-refractivity contribution in [3.8, 4) is 0 Å². The van der Waals surface area contributed by atoms with E-state index in [0.717, 1.165) is 11.3 Å². The van der Waals surface area contributed by atoms with Gasteiger partial charge in [-0.3, -0.25) is 4.79 Å². The van der Waals surface area contributed by atoms with Crippen molar-refractivity contribution in [3.05, 3.63) is 52.8 Å². The summed E-state index contributed by atoms with van der Waals surface area (Å²) in [6.45, 7) is 5.78. The van der Waals surface area contributed by atoms with Crippen LogP contribution in [0.3, 0.4) is 0 Å². The van der Waals surface area contributed by atoms with E-state index in [4.69, 9.17) is 9.26 Å². The van der Waals surface area contributed by atoms with Gasteiger partial charge in [-0.1, -0.05) is 31.1 Å². The molecule has 3 aromatic rings. The molecule has 0 aliphatic heterocycles. The minimum absolute atomic E-state index is 0.138. The summed E-state index contributed by atoms with van der Waals surface area (Å²) in [5, 5.41) is 7.50. The SMILES string of the molecule is COC(=O)c1cccc(C)c1NC(=O)c1cnc2onc(C(C)C)c2c1. The Hall–Kier alpha value is -3.22. The molecule has 0 unspecified atom stereocenters. The number of carbonyl (C=O) groups is 2. The molecular weight excluding hydrogens is 334 g/mol. The van der Waals surface area contributed by atoms with Crippen LogP contribution >= 0.6 is 0 Å². The summed E-state index contributed by atoms with van der Waals surface area (Å²) in [7, 11) is 1.30. The molecule has 0 atom stereocenters. The lowest BCUT2D eigenvalue weighted by molar-refractivity contribution is 0.0602. The Morgan fingerprint density at radius 3 is 2.73 bits per heavy atom. The third-order valence-corrected chi connectivity index (χ3v) is 4.08. The smallest absolute Gasteiger partial charge is 0.339 e. The van der Waals surface area contributed by atoms with Crippen LogP contribution in [0.15, 0.2) is 35.0 Å². The van der Waals surface area contributed by atoms with E-state index in [0.29, 0.717) is 27.9 Å². The second kappa shape index (κ2) is 6.95. The van der Waals surface area contributed by atoms with Crippen LogP contribution in [0, 0.1) is 6.92 Å². The van der Waals surface area contributed by atoms with Gasteiger partial charge in [-0.2, -0.15) is 0 Å². The predicted molar refractivity (Wildman–Crippen MR) is 96.4 cm³/mol. The van der Waals surface area contributed by atoms with Crippen LogP contribution in [0.2, 0.25) is 0 Å². The molecule has 0 aliphatic carbocycles. The Morgan fingerprint density at radius 2 is 2.04 bits per heavy atom. The summed E-state index contributed by atoms with van der Waals surface area (Å²) in [6, 6.07) is 6.84. The Bertz CT molecular complexity index is 992. The zero-order valence-corrected chi connectivity index (χ0v) is 15.0. The number of hydrogen-bond acceptors (Lipinski definition) is 6. The summed E-state index contributed by atoms with van der Waals surface area (Å²) < 4.78 is 9.98. The van der Waals surface area contributed by atoms with Crippen LogP contribution in [-0.4, -0.2) is 29.1 Å². The average Bonchev–Trinajstić information content (AvgIpc) is 3.06. The fraction of sp³-hybridized carbons (Fsp3) is 0.263.